The zero-order valence-electron chi connectivity index (χ0n) is 11.8. The average molecular weight is 314 g/mol. The summed E-state index contributed by atoms with van der Waals surface area (Å²) >= 11 is 3.52. The van der Waals surface area contributed by atoms with Crippen molar-refractivity contribution in [2.75, 3.05) is 13.7 Å². The van der Waals surface area contributed by atoms with E-state index in [1.165, 1.54) is 5.56 Å². The smallest absolute Gasteiger partial charge is 0.0637 e. The number of nitrogens with one attached hydrogen (secondary N) is 1. The monoisotopic (exact) mass is 313 g/mol. The number of rotatable bonds is 7. The lowest BCUT2D eigenvalue weighted by molar-refractivity contribution is 0.00726. The summed E-state index contributed by atoms with van der Waals surface area (Å²) in [6.07, 6.45) is 2.03. The maximum absolute atomic E-state index is 5.53. The number of hydrogen-bond donors (Lipinski definition) is 1. The zero-order chi connectivity index (χ0) is 13.6. The minimum Gasteiger partial charge on any atom is -0.379 e. The van der Waals surface area contributed by atoms with Crippen LogP contribution in [0, 0.1) is 0 Å². The quantitative estimate of drug-likeness (QED) is 0.827. The van der Waals surface area contributed by atoms with E-state index in [0.29, 0.717) is 6.04 Å². The van der Waals surface area contributed by atoms with Gasteiger partial charge in [0.15, 0.2) is 0 Å². The van der Waals surface area contributed by atoms with Crippen LogP contribution in [0.3, 0.4) is 0 Å². The molecule has 0 spiro atoms. The van der Waals surface area contributed by atoms with Crippen LogP contribution in [-0.2, 0) is 11.2 Å². The fraction of sp³-hybridized carbons (Fsp3) is 0.600. The van der Waals surface area contributed by atoms with Gasteiger partial charge in [-0.05, 0) is 50.9 Å². The minimum absolute atomic E-state index is 0.0845. The Labute approximate surface area is 119 Å². The van der Waals surface area contributed by atoms with E-state index >= 15 is 0 Å². The summed E-state index contributed by atoms with van der Waals surface area (Å²) in [5.41, 5.74) is 1.26. The van der Waals surface area contributed by atoms with Crippen LogP contribution >= 0.6 is 15.9 Å². The third-order valence-corrected chi connectivity index (χ3v) is 3.65. The van der Waals surface area contributed by atoms with Gasteiger partial charge >= 0.3 is 0 Å². The van der Waals surface area contributed by atoms with Gasteiger partial charge in [0.1, 0.15) is 0 Å². The van der Waals surface area contributed by atoms with Crippen molar-refractivity contribution in [3.05, 3.63) is 34.3 Å². The second-order valence-corrected chi connectivity index (χ2v) is 6.17. The normalized spacial score (nSPS) is 13.6. The molecule has 1 aromatic rings. The number of halogens is 1. The Hall–Kier alpha value is -0.380. The van der Waals surface area contributed by atoms with Gasteiger partial charge in [-0.15, -0.1) is 0 Å². The zero-order valence-corrected chi connectivity index (χ0v) is 13.4. The Morgan fingerprint density at radius 3 is 2.67 bits per heavy atom. The number of ether oxygens (including phenoxy) is 1. The number of hydrogen-bond acceptors (Lipinski definition) is 2. The highest BCUT2D eigenvalue weighted by atomic mass is 79.9. The molecule has 0 bridgehead atoms. The van der Waals surface area contributed by atoms with Crippen LogP contribution in [0.5, 0.6) is 0 Å². The second kappa shape index (κ2) is 7.27. The molecule has 0 radical (unpaired) electrons. The van der Waals surface area contributed by atoms with Crippen LogP contribution in [0.1, 0.15) is 32.8 Å². The molecule has 1 N–H and O–H groups in total. The molecule has 2 nitrogen and oxygen atoms in total. The summed E-state index contributed by atoms with van der Waals surface area (Å²) in [7, 11) is 1.78. The lowest BCUT2D eigenvalue weighted by Crippen LogP contribution is -2.39. The summed E-state index contributed by atoms with van der Waals surface area (Å²) < 4.78 is 6.67. The van der Waals surface area contributed by atoms with E-state index in [0.717, 1.165) is 23.9 Å². The van der Waals surface area contributed by atoms with Gasteiger partial charge in [0.25, 0.3) is 0 Å². The highest BCUT2D eigenvalue weighted by Crippen LogP contribution is 2.19. The van der Waals surface area contributed by atoms with Crippen molar-refractivity contribution in [1.82, 2.24) is 5.32 Å². The first-order valence-electron chi connectivity index (χ1n) is 6.50. The minimum atomic E-state index is -0.0845. The van der Waals surface area contributed by atoms with Crippen LogP contribution in [0.15, 0.2) is 28.7 Å². The van der Waals surface area contributed by atoms with E-state index in [2.05, 4.69) is 66.3 Å². The predicted octanol–water partition coefficient (Wildman–Crippen LogP) is 3.78. The first kappa shape index (κ1) is 15.7. The van der Waals surface area contributed by atoms with Crippen LogP contribution < -0.4 is 5.32 Å². The number of likely N-dealkylation sites (N-methyl/N-ethyl adjacent to an activating group) is 1. The summed E-state index contributed by atoms with van der Waals surface area (Å²) in [6.45, 7) is 7.41. The molecule has 1 atom stereocenters. The third-order valence-electron chi connectivity index (χ3n) is 3.15. The average Bonchev–Trinajstić information content (AvgIpc) is 2.29. The molecule has 1 rings (SSSR count). The molecule has 0 aliphatic rings. The van der Waals surface area contributed by atoms with E-state index in [9.17, 15) is 0 Å². The largest absolute Gasteiger partial charge is 0.379 e. The van der Waals surface area contributed by atoms with E-state index in [4.69, 9.17) is 4.74 Å². The summed E-state index contributed by atoms with van der Waals surface area (Å²) in [4.78, 5) is 0. The van der Waals surface area contributed by atoms with Gasteiger partial charge in [-0.25, -0.2) is 0 Å². The Morgan fingerprint density at radius 1 is 1.39 bits per heavy atom. The van der Waals surface area contributed by atoms with Gasteiger partial charge < -0.3 is 10.1 Å². The maximum Gasteiger partial charge on any atom is 0.0637 e. The van der Waals surface area contributed by atoms with E-state index in [1.807, 2.05) is 0 Å². The summed E-state index contributed by atoms with van der Waals surface area (Å²) in [5, 5.41) is 3.55. The molecule has 102 valence electrons. The van der Waals surface area contributed by atoms with Crippen molar-refractivity contribution in [1.29, 1.82) is 0 Å². The Morgan fingerprint density at radius 2 is 2.11 bits per heavy atom. The Bertz CT molecular complexity index is 365. The highest BCUT2D eigenvalue weighted by Gasteiger charge is 2.22. The standard InChI is InChI=1S/C15H24BrNO/c1-5-17-14(11-15(2,3)18-4)10-12-7-6-8-13(16)9-12/h6-9,14,17H,5,10-11H2,1-4H3. The number of benzene rings is 1. The van der Waals surface area contributed by atoms with Gasteiger partial charge in [0.05, 0.1) is 5.60 Å². The first-order valence-corrected chi connectivity index (χ1v) is 7.29. The summed E-state index contributed by atoms with van der Waals surface area (Å²) in [6, 6.07) is 8.95. The van der Waals surface area contributed by atoms with Crippen molar-refractivity contribution in [3.8, 4) is 0 Å². The lowest BCUT2D eigenvalue weighted by atomic mass is 9.94. The first-order chi connectivity index (χ1) is 8.46. The third kappa shape index (κ3) is 5.51. The SMILES string of the molecule is CCNC(Cc1cccc(Br)c1)CC(C)(C)OC. The molecule has 0 saturated heterocycles. The van der Waals surface area contributed by atoms with Crippen LogP contribution in [0.2, 0.25) is 0 Å². The fourth-order valence-electron chi connectivity index (χ4n) is 2.13. The van der Waals surface area contributed by atoms with Crippen LogP contribution in [-0.4, -0.2) is 25.3 Å². The topological polar surface area (TPSA) is 21.3 Å². The van der Waals surface area contributed by atoms with E-state index in [-0.39, 0.29) is 5.60 Å². The molecule has 0 aliphatic heterocycles. The molecule has 0 heterocycles. The Kier molecular flexibility index (Phi) is 6.33. The number of methoxy groups -OCH3 is 1. The van der Waals surface area contributed by atoms with Gasteiger partial charge in [0, 0.05) is 17.6 Å². The highest BCUT2D eigenvalue weighted by molar-refractivity contribution is 9.10. The Balaban J connectivity index is 2.68. The van der Waals surface area contributed by atoms with Crippen molar-refractivity contribution in [2.45, 2.75) is 45.3 Å². The lowest BCUT2D eigenvalue weighted by Gasteiger charge is -2.29. The molecule has 18 heavy (non-hydrogen) atoms. The maximum atomic E-state index is 5.53. The predicted molar refractivity (Wildman–Crippen MR) is 81.0 cm³/mol. The molecule has 1 unspecified atom stereocenters. The molecular formula is C15H24BrNO. The molecular weight excluding hydrogens is 290 g/mol. The molecule has 0 aromatic heterocycles. The molecule has 0 saturated carbocycles. The van der Waals surface area contributed by atoms with Crippen molar-refractivity contribution in [3.63, 3.8) is 0 Å². The second-order valence-electron chi connectivity index (χ2n) is 5.26. The molecule has 3 heteroatoms. The van der Waals surface area contributed by atoms with Crippen molar-refractivity contribution < 1.29 is 4.74 Å². The van der Waals surface area contributed by atoms with E-state index in [1.54, 1.807) is 7.11 Å². The van der Waals surface area contributed by atoms with Gasteiger partial charge in [-0.3, -0.25) is 0 Å². The van der Waals surface area contributed by atoms with Crippen molar-refractivity contribution in [2.24, 2.45) is 0 Å². The molecule has 1 aromatic carbocycles. The molecule has 0 fully saturated rings. The fourth-order valence-corrected chi connectivity index (χ4v) is 2.58. The molecule has 0 aliphatic carbocycles. The van der Waals surface area contributed by atoms with E-state index < -0.39 is 0 Å². The summed E-state index contributed by atoms with van der Waals surface area (Å²) in [5.74, 6) is 0. The van der Waals surface area contributed by atoms with Gasteiger partial charge in [0.2, 0.25) is 0 Å². The van der Waals surface area contributed by atoms with Crippen LogP contribution in [0.4, 0.5) is 0 Å². The van der Waals surface area contributed by atoms with Gasteiger partial charge in [-0.1, -0.05) is 35.0 Å². The van der Waals surface area contributed by atoms with Crippen molar-refractivity contribution >= 4 is 15.9 Å². The molecule has 0 amide bonds. The van der Waals surface area contributed by atoms with Crippen LogP contribution in [0.25, 0.3) is 0 Å². The van der Waals surface area contributed by atoms with Gasteiger partial charge in [-0.2, -0.15) is 0 Å².